The molecule has 24 heavy (non-hydrogen) atoms. The van der Waals surface area contributed by atoms with Gasteiger partial charge in [0, 0.05) is 6.04 Å². The van der Waals surface area contributed by atoms with Gasteiger partial charge in [0.25, 0.3) is 0 Å². The number of carbonyl (C=O) groups is 1. The van der Waals surface area contributed by atoms with Crippen LogP contribution < -0.4 is 5.32 Å². The first kappa shape index (κ1) is 16.0. The highest BCUT2D eigenvalue weighted by Gasteiger charge is 2.56. The molecule has 4 saturated carbocycles. The van der Waals surface area contributed by atoms with Crippen LogP contribution in [0, 0.1) is 17.8 Å². The van der Waals surface area contributed by atoms with Gasteiger partial charge in [-0.25, -0.2) is 4.79 Å². The lowest BCUT2D eigenvalue weighted by atomic mass is 9.46. The zero-order valence-corrected chi connectivity index (χ0v) is 15.0. The van der Waals surface area contributed by atoms with Gasteiger partial charge in [-0.1, -0.05) is 30.3 Å². The van der Waals surface area contributed by atoms with Crippen molar-refractivity contribution in [1.82, 2.24) is 5.32 Å². The number of hydrogen-bond donors (Lipinski definition) is 1. The Morgan fingerprint density at radius 2 is 1.71 bits per heavy atom. The molecule has 0 aromatic heterocycles. The molecule has 1 amide bonds. The lowest BCUT2D eigenvalue weighted by molar-refractivity contribution is -0.0384. The molecule has 5 rings (SSSR count). The van der Waals surface area contributed by atoms with Crippen molar-refractivity contribution in [3.05, 3.63) is 35.9 Å². The monoisotopic (exact) mass is 327 g/mol. The van der Waals surface area contributed by atoms with Gasteiger partial charge < -0.3 is 10.1 Å². The van der Waals surface area contributed by atoms with Crippen molar-refractivity contribution in [2.45, 2.75) is 69.9 Å². The highest BCUT2D eigenvalue weighted by Crippen LogP contribution is 2.60. The van der Waals surface area contributed by atoms with Gasteiger partial charge in [0.15, 0.2) is 0 Å². The molecule has 2 atom stereocenters. The molecule has 0 aliphatic heterocycles. The van der Waals surface area contributed by atoms with Gasteiger partial charge in [-0.2, -0.15) is 0 Å². The summed E-state index contributed by atoms with van der Waals surface area (Å²) < 4.78 is 5.50. The van der Waals surface area contributed by atoms with Crippen molar-refractivity contribution in [1.29, 1.82) is 0 Å². The van der Waals surface area contributed by atoms with Gasteiger partial charge in [-0.05, 0) is 81.6 Å². The molecule has 1 N–H and O–H groups in total. The summed E-state index contributed by atoms with van der Waals surface area (Å²) in [5, 5.41) is 3.23. The maximum Gasteiger partial charge on any atom is 0.407 e. The van der Waals surface area contributed by atoms with E-state index in [4.69, 9.17) is 4.74 Å². The maximum atomic E-state index is 12.3. The van der Waals surface area contributed by atoms with Crippen LogP contribution in [0.1, 0.15) is 58.4 Å². The van der Waals surface area contributed by atoms with E-state index in [-0.39, 0.29) is 6.09 Å². The minimum atomic E-state index is -0.429. The normalized spacial score (nSPS) is 37.3. The molecule has 0 heterocycles. The topological polar surface area (TPSA) is 38.3 Å². The number of hydrogen-bond acceptors (Lipinski definition) is 2. The predicted octanol–water partition coefficient (Wildman–Crippen LogP) is 4.66. The molecule has 3 nitrogen and oxygen atoms in total. The Morgan fingerprint density at radius 1 is 1.08 bits per heavy atom. The number of rotatable bonds is 2. The summed E-state index contributed by atoms with van der Waals surface area (Å²) in [6, 6.07) is 11.4. The minimum absolute atomic E-state index is 0.242. The maximum absolute atomic E-state index is 12.3. The van der Waals surface area contributed by atoms with Crippen LogP contribution in [-0.4, -0.2) is 17.7 Å². The van der Waals surface area contributed by atoms with E-state index in [9.17, 15) is 4.79 Å². The summed E-state index contributed by atoms with van der Waals surface area (Å²) in [5.41, 5.74) is 1.44. The molecular formula is C21H29NO2. The lowest BCUT2D eigenvalue weighted by Crippen LogP contribution is -2.60. The Balaban J connectivity index is 1.52. The highest BCUT2D eigenvalue weighted by atomic mass is 16.6. The second-order valence-electron chi connectivity index (χ2n) is 9.29. The first-order chi connectivity index (χ1) is 11.3. The molecule has 4 fully saturated rings. The summed E-state index contributed by atoms with van der Waals surface area (Å²) in [6.07, 6.45) is 6.06. The fraction of sp³-hybridized carbons (Fsp3) is 0.667. The van der Waals surface area contributed by atoms with Crippen LogP contribution in [0.2, 0.25) is 0 Å². The lowest BCUT2D eigenvalue weighted by Gasteiger charge is -2.60. The van der Waals surface area contributed by atoms with Crippen molar-refractivity contribution in [3.63, 3.8) is 0 Å². The second-order valence-corrected chi connectivity index (χ2v) is 9.29. The number of nitrogens with one attached hydrogen (secondary N) is 1. The van der Waals surface area contributed by atoms with Crippen LogP contribution >= 0.6 is 0 Å². The average molecular weight is 327 g/mol. The summed E-state index contributed by atoms with van der Waals surface area (Å²) in [4.78, 5) is 12.3. The fourth-order valence-corrected chi connectivity index (χ4v) is 5.85. The van der Waals surface area contributed by atoms with Crippen molar-refractivity contribution in [2.75, 3.05) is 0 Å². The van der Waals surface area contributed by atoms with Gasteiger partial charge in [0.1, 0.15) is 5.60 Å². The summed E-state index contributed by atoms with van der Waals surface area (Å²) in [6.45, 7) is 5.77. The molecule has 0 radical (unpaired) electrons. The molecule has 0 spiro atoms. The number of alkyl carbamates (subject to hydrolysis) is 1. The van der Waals surface area contributed by atoms with Crippen LogP contribution in [0.25, 0.3) is 0 Å². The first-order valence-electron chi connectivity index (χ1n) is 9.40. The van der Waals surface area contributed by atoms with Gasteiger partial charge in [-0.3, -0.25) is 0 Å². The van der Waals surface area contributed by atoms with Crippen LogP contribution in [0.3, 0.4) is 0 Å². The Morgan fingerprint density at radius 3 is 2.29 bits per heavy atom. The Kier molecular flexibility index (Phi) is 3.67. The molecule has 4 aliphatic carbocycles. The van der Waals surface area contributed by atoms with E-state index in [2.05, 4.69) is 35.6 Å². The van der Waals surface area contributed by atoms with Crippen LogP contribution in [0.4, 0.5) is 4.79 Å². The fourth-order valence-electron chi connectivity index (χ4n) is 5.85. The Labute approximate surface area is 145 Å². The molecule has 1 aromatic carbocycles. The number of carbonyl (C=O) groups excluding carboxylic acids is 1. The Bertz CT molecular complexity index is 602. The standard InChI is InChI=1S/C21H29NO2/c1-20(2,3)24-19(23)22-18-15-9-14-10-16(18)13-21(11-14,12-15)17-7-5-4-6-8-17/h4-8,14-16,18H,9-13H2,1-3H3,(H,22,23). The molecule has 130 valence electrons. The minimum Gasteiger partial charge on any atom is -0.444 e. The van der Waals surface area contributed by atoms with Gasteiger partial charge in [0.2, 0.25) is 0 Å². The summed E-state index contributed by atoms with van der Waals surface area (Å²) >= 11 is 0. The molecule has 3 heteroatoms. The van der Waals surface area contributed by atoms with Crippen LogP contribution in [0.15, 0.2) is 30.3 Å². The number of benzene rings is 1. The van der Waals surface area contributed by atoms with Crippen molar-refractivity contribution in [3.8, 4) is 0 Å². The van der Waals surface area contributed by atoms with E-state index in [0.717, 1.165) is 5.92 Å². The summed E-state index contributed by atoms with van der Waals surface area (Å²) in [7, 11) is 0. The highest BCUT2D eigenvalue weighted by molar-refractivity contribution is 5.68. The zero-order chi connectivity index (χ0) is 16.9. The smallest absolute Gasteiger partial charge is 0.407 e. The van der Waals surface area contributed by atoms with Gasteiger partial charge in [0.05, 0.1) is 0 Å². The van der Waals surface area contributed by atoms with Crippen LogP contribution in [0.5, 0.6) is 0 Å². The van der Waals surface area contributed by atoms with Crippen molar-refractivity contribution in [2.24, 2.45) is 17.8 Å². The number of ether oxygens (including phenoxy) is 1. The van der Waals surface area contributed by atoms with Gasteiger partial charge in [-0.15, -0.1) is 0 Å². The van der Waals surface area contributed by atoms with E-state index in [1.807, 2.05) is 20.8 Å². The predicted molar refractivity (Wildman–Crippen MR) is 94.8 cm³/mol. The third-order valence-electron chi connectivity index (χ3n) is 6.34. The van der Waals surface area contributed by atoms with Gasteiger partial charge >= 0.3 is 6.09 Å². The zero-order valence-electron chi connectivity index (χ0n) is 15.0. The number of amides is 1. The van der Waals surface area contributed by atoms with E-state index in [0.29, 0.717) is 23.3 Å². The average Bonchev–Trinajstić information content (AvgIpc) is 2.49. The second kappa shape index (κ2) is 5.50. The molecular weight excluding hydrogens is 298 g/mol. The van der Waals surface area contributed by atoms with E-state index in [1.54, 1.807) is 0 Å². The Hall–Kier alpha value is -1.51. The van der Waals surface area contributed by atoms with E-state index in [1.165, 1.54) is 37.7 Å². The molecule has 0 saturated heterocycles. The molecule has 4 bridgehead atoms. The molecule has 2 unspecified atom stereocenters. The largest absolute Gasteiger partial charge is 0.444 e. The van der Waals surface area contributed by atoms with Crippen molar-refractivity contribution < 1.29 is 9.53 Å². The van der Waals surface area contributed by atoms with Crippen molar-refractivity contribution >= 4 is 6.09 Å². The van der Waals surface area contributed by atoms with Crippen LogP contribution in [-0.2, 0) is 10.2 Å². The SMILES string of the molecule is CC(C)(C)OC(=O)NC1C2CC3CC1CC(c1ccccc1)(C3)C2. The third-order valence-corrected chi connectivity index (χ3v) is 6.34. The molecule has 1 aromatic rings. The summed E-state index contributed by atoms with van der Waals surface area (Å²) in [5.74, 6) is 2.03. The van der Waals surface area contributed by atoms with E-state index >= 15 is 0 Å². The molecule has 4 aliphatic rings. The third kappa shape index (κ3) is 2.82. The van der Waals surface area contributed by atoms with E-state index < -0.39 is 5.60 Å². The first-order valence-corrected chi connectivity index (χ1v) is 9.40. The quantitative estimate of drug-likeness (QED) is 0.858.